The average Bonchev–Trinajstić information content (AvgIpc) is 2.72. The fraction of sp³-hybridized carbons (Fsp3) is 0.333. The van der Waals surface area contributed by atoms with Crippen LogP contribution in [0.4, 0.5) is 0 Å². The van der Waals surface area contributed by atoms with E-state index < -0.39 is 0 Å². The van der Waals surface area contributed by atoms with E-state index in [0.717, 1.165) is 21.4 Å². The van der Waals surface area contributed by atoms with Gasteiger partial charge in [-0.05, 0) is 31.4 Å². The molecule has 1 aromatic heterocycles. The number of hydrazone groups is 1. The predicted octanol–water partition coefficient (Wildman–Crippen LogP) is 4.62. The maximum atomic E-state index is 12.2. The highest BCUT2D eigenvalue weighted by Crippen LogP contribution is 2.35. The van der Waals surface area contributed by atoms with Gasteiger partial charge < -0.3 is 0 Å². The van der Waals surface area contributed by atoms with Crippen molar-refractivity contribution in [2.75, 3.05) is 0 Å². The summed E-state index contributed by atoms with van der Waals surface area (Å²) < 4.78 is 1.02. The van der Waals surface area contributed by atoms with Crippen molar-refractivity contribution in [1.82, 2.24) is 5.43 Å². The molecule has 1 heterocycles. The molecule has 2 rings (SSSR count). The third-order valence-corrected chi connectivity index (χ3v) is 4.82. The van der Waals surface area contributed by atoms with Crippen molar-refractivity contribution in [1.29, 1.82) is 0 Å². The summed E-state index contributed by atoms with van der Waals surface area (Å²) in [6.07, 6.45) is 0. The van der Waals surface area contributed by atoms with E-state index in [9.17, 15) is 4.79 Å². The topological polar surface area (TPSA) is 41.5 Å². The molecule has 1 N–H and O–H groups in total. The van der Waals surface area contributed by atoms with E-state index in [0.29, 0.717) is 15.8 Å². The number of rotatable bonds is 3. The monoisotopic (exact) mass is 308 g/mol. The van der Waals surface area contributed by atoms with Crippen LogP contribution in [0.3, 0.4) is 0 Å². The summed E-state index contributed by atoms with van der Waals surface area (Å²) in [4.78, 5) is 12.7. The Hall–Kier alpha value is -1.39. The van der Waals surface area contributed by atoms with Gasteiger partial charge in [0.15, 0.2) is 0 Å². The molecule has 0 aliphatic carbocycles. The van der Waals surface area contributed by atoms with Crippen LogP contribution in [0.1, 0.15) is 36.0 Å². The number of halogens is 1. The number of fused-ring (bicyclic) bond motifs is 1. The van der Waals surface area contributed by atoms with E-state index in [2.05, 4.69) is 10.5 Å². The molecule has 106 valence electrons. The molecule has 1 aromatic carbocycles. The van der Waals surface area contributed by atoms with Crippen molar-refractivity contribution in [2.24, 2.45) is 11.0 Å². The molecule has 1 amide bonds. The number of hydrogen-bond donors (Lipinski definition) is 1. The fourth-order valence-corrected chi connectivity index (χ4v) is 3.14. The first-order valence-corrected chi connectivity index (χ1v) is 7.62. The number of carbonyl (C=O) groups excluding carboxylic acids is 1. The Morgan fingerprint density at radius 3 is 2.75 bits per heavy atom. The van der Waals surface area contributed by atoms with Crippen molar-refractivity contribution in [2.45, 2.75) is 27.7 Å². The number of aryl methyl sites for hydroxylation is 1. The molecule has 20 heavy (non-hydrogen) atoms. The van der Waals surface area contributed by atoms with E-state index in [4.69, 9.17) is 11.6 Å². The summed E-state index contributed by atoms with van der Waals surface area (Å²) >= 11 is 7.68. The highest BCUT2D eigenvalue weighted by molar-refractivity contribution is 7.21. The second-order valence-corrected chi connectivity index (χ2v) is 6.52. The maximum absolute atomic E-state index is 12.2. The van der Waals surface area contributed by atoms with E-state index in [1.807, 2.05) is 45.9 Å². The first-order valence-electron chi connectivity index (χ1n) is 6.43. The van der Waals surface area contributed by atoms with Gasteiger partial charge in [-0.1, -0.05) is 37.6 Å². The van der Waals surface area contributed by atoms with Crippen LogP contribution in [0, 0.1) is 12.8 Å². The van der Waals surface area contributed by atoms with E-state index >= 15 is 0 Å². The predicted molar refractivity (Wildman–Crippen MR) is 87.0 cm³/mol. The molecule has 0 radical (unpaired) electrons. The molecule has 0 bridgehead atoms. The van der Waals surface area contributed by atoms with Crippen LogP contribution in [0.2, 0.25) is 5.02 Å². The van der Waals surface area contributed by atoms with Gasteiger partial charge >= 0.3 is 0 Å². The number of thiophene rings is 1. The van der Waals surface area contributed by atoms with Crippen LogP contribution in [-0.2, 0) is 0 Å². The minimum atomic E-state index is -0.256. The minimum Gasteiger partial charge on any atom is -0.266 e. The number of carbonyl (C=O) groups is 1. The van der Waals surface area contributed by atoms with Crippen LogP contribution >= 0.6 is 22.9 Å². The molecule has 5 heteroatoms. The molecule has 0 unspecified atom stereocenters. The van der Waals surface area contributed by atoms with E-state index in [1.165, 1.54) is 11.3 Å². The Bertz CT molecular complexity index is 688. The van der Waals surface area contributed by atoms with Crippen molar-refractivity contribution in [3.05, 3.63) is 33.7 Å². The third-order valence-electron chi connectivity index (χ3n) is 3.16. The van der Waals surface area contributed by atoms with Crippen LogP contribution in [0.25, 0.3) is 10.1 Å². The summed E-state index contributed by atoms with van der Waals surface area (Å²) in [5.74, 6) is 0.0460. The third kappa shape index (κ3) is 3.02. The first-order chi connectivity index (χ1) is 9.40. The van der Waals surface area contributed by atoms with Gasteiger partial charge in [-0.2, -0.15) is 5.10 Å². The SMILES string of the molecule is CC(=NNC(=O)c1sc2cc(C)ccc2c1Cl)C(C)C. The van der Waals surface area contributed by atoms with Crippen molar-refractivity contribution in [3.63, 3.8) is 0 Å². The van der Waals surface area contributed by atoms with Gasteiger partial charge in [0, 0.05) is 15.8 Å². The zero-order valence-electron chi connectivity index (χ0n) is 12.0. The summed E-state index contributed by atoms with van der Waals surface area (Å²) in [6.45, 7) is 7.96. The molecule has 0 saturated carbocycles. The van der Waals surface area contributed by atoms with Crippen LogP contribution in [0.15, 0.2) is 23.3 Å². The number of nitrogens with one attached hydrogen (secondary N) is 1. The standard InChI is InChI=1S/C15H17ClN2OS/c1-8(2)10(4)17-18-15(19)14-13(16)11-6-5-9(3)7-12(11)20-14/h5-8H,1-4H3,(H,18,19). The Balaban J connectivity index is 2.31. The van der Waals surface area contributed by atoms with Crippen LogP contribution < -0.4 is 5.43 Å². The minimum absolute atomic E-state index is 0.256. The smallest absolute Gasteiger partial charge is 0.266 e. The molecule has 0 atom stereocenters. The molecule has 0 aliphatic heterocycles. The molecular weight excluding hydrogens is 292 g/mol. The van der Waals surface area contributed by atoms with Crippen LogP contribution in [-0.4, -0.2) is 11.6 Å². The Morgan fingerprint density at radius 1 is 1.40 bits per heavy atom. The number of benzene rings is 1. The molecule has 0 aliphatic rings. The lowest BCUT2D eigenvalue weighted by Gasteiger charge is -2.04. The number of nitrogens with zero attached hydrogens (tertiary/aromatic N) is 1. The lowest BCUT2D eigenvalue weighted by atomic mass is 10.1. The van der Waals surface area contributed by atoms with E-state index in [1.54, 1.807) is 0 Å². The Kier molecular flexibility index (Phi) is 4.45. The lowest BCUT2D eigenvalue weighted by Crippen LogP contribution is -2.19. The van der Waals surface area contributed by atoms with Gasteiger partial charge in [0.05, 0.1) is 5.02 Å². The molecule has 0 spiro atoms. The van der Waals surface area contributed by atoms with Crippen molar-refractivity contribution < 1.29 is 4.79 Å². The van der Waals surface area contributed by atoms with Gasteiger partial charge in [0.25, 0.3) is 5.91 Å². The normalized spacial score (nSPS) is 12.2. The lowest BCUT2D eigenvalue weighted by molar-refractivity contribution is 0.0959. The van der Waals surface area contributed by atoms with Crippen molar-refractivity contribution in [3.8, 4) is 0 Å². The summed E-state index contributed by atoms with van der Waals surface area (Å²) in [5, 5.41) is 5.51. The first kappa shape index (κ1) is 15.0. The molecule has 0 saturated heterocycles. The summed E-state index contributed by atoms with van der Waals surface area (Å²) in [5.41, 5.74) is 4.60. The van der Waals surface area contributed by atoms with Gasteiger partial charge in [0.1, 0.15) is 4.88 Å². The van der Waals surface area contributed by atoms with Crippen molar-refractivity contribution >= 4 is 44.6 Å². The zero-order valence-corrected chi connectivity index (χ0v) is 13.5. The average molecular weight is 309 g/mol. The highest BCUT2D eigenvalue weighted by atomic mass is 35.5. The highest BCUT2D eigenvalue weighted by Gasteiger charge is 2.17. The van der Waals surface area contributed by atoms with E-state index in [-0.39, 0.29) is 5.91 Å². The maximum Gasteiger partial charge on any atom is 0.283 e. The van der Waals surface area contributed by atoms with Gasteiger partial charge in [-0.3, -0.25) is 4.79 Å². The van der Waals surface area contributed by atoms with Gasteiger partial charge in [0.2, 0.25) is 0 Å². The Labute approximate surface area is 127 Å². The molecule has 0 fully saturated rings. The van der Waals surface area contributed by atoms with Gasteiger partial charge in [-0.15, -0.1) is 11.3 Å². The fourth-order valence-electron chi connectivity index (χ4n) is 1.64. The largest absolute Gasteiger partial charge is 0.283 e. The second-order valence-electron chi connectivity index (χ2n) is 5.09. The summed E-state index contributed by atoms with van der Waals surface area (Å²) in [6, 6.07) is 5.97. The van der Waals surface area contributed by atoms with Crippen LogP contribution in [0.5, 0.6) is 0 Å². The summed E-state index contributed by atoms with van der Waals surface area (Å²) in [7, 11) is 0. The molecular formula is C15H17ClN2OS. The second kappa shape index (κ2) is 5.94. The zero-order chi connectivity index (χ0) is 14.9. The Morgan fingerprint density at radius 2 is 2.10 bits per heavy atom. The quantitative estimate of drug-likeness (QED) is 0.652. The molecule has 2 aromatic rings. The number of amides is 1. The molecule has 3 nitrogen and oxygen atoms in total. The van der Waals surface area contributed by atoms with Gasteiger partial charge in [-0.25, -0.2) is 5.43 Å². The number of hydrogen-bond acceptors (Lipinski definition) is 3.